The van der Waals surface area contributed by atoms with E-state index >= 15 is 0 Å². The highest BCUT2D eigenvalue weighted by molar-refractivity contribution is 9.11. The zero-order valence-electron chi connectivity index (χ0n) is 60.7. The van der Waals surface area contributed by atoms with E-state index in [9.17, 15) is 30.2 Å². The van der Waals surface area contributed by atoms with Crippen molar-refractivity contribution in [2.24, 2.45) is 11.8 Å². The number of anilines is 6. The highest BCUT2D eigenvalue weighted by Crippen LogP contribution is 2.41. The maximum absolute atomic E-state index is 14.4. The largest absolute Gasteiger partial charge is 0.619 e. The predicted molar refractivity (Wildman–Crippen MR) is 424 cm³/mol. The van der Waals surface area contributed by atoms with Gasteiger partial charge in [0.1, 0.15) is 34.9 Å². The second kappa shape index (κ2) is 36.8. The lowest BCUT2D eigenvalue weighted by Crippen LogP contribution is -2.34. The molecule has 11 N–H and O–H groups in total. The van der Waals surface area contributed by atoms with Gasteiger partial charge in [0.2, 0.25) is 12.1 Å². The maximum atomic E-state index is 14.4. The fourth-order valence-electron chi connectivity index (χ4n) is 14.1. The number of aromatic nitrogens is 17. The number of ether oxygens (including phenoxy) is 1. The van der Waals surface area contributed by atoms with Crippen LogP contribution in [0.4, 0.5) is 39.4 Å². The minimum Gasteiger partial charge on any atom is -0.619 e. The van der Waals surface area contributed by atoms with Gasteiger partial charge in [0.15, 0.2) is 47.4 Å². The van der Waals surface area contributed by atoms with Crippen molar-refractivity contribution in [3.05, 3.63) is 222 Å². The van der Waals surface area contributed by atoms with E-state index in [1.807, 2.05) is 35.7 Å². The molecule has 0 bridgehead atoms. The fraction of sp³-hybridized carbons (Fsp3) is 0.355. The Hall–Kier alpha value is -10.5. The zero-order chi connectivity index (χ0) is 76.6. The van der Waals surface area contributed by atoms with Gasteiger partial charge < -0.3 is 63.0 Å². The Morgan fingerprint density at radius 3 is 1.75 bits per heavy atom. The van der Waals surface area contributed by atoms with Crippen molar-refractivity contribution in [3.63, 3.8) is 0 Å². The van der Waals surface area contributed by atoms with Crippen LogP contribution < -0.4 is 56.6 Å². The molecular formula is C76H87Br3FN24O6+. The van der Waals surface area contributed by atoms with Gasteiger partial charge in [-0.15, -0.1) is 0 Å². The lowest BCUT2D eigenvalue weighted by molar-refractivity contribution is -0.906. The number of benzene rings is 1. The molecule has 110 heavy (non-hydrogen) atoms. The van der Waals surface area contributed by atoms with E-state index in [4.69, 9.17) is 25.4 Å². The number of nitrogens with two attached hydrogens (primary N) is 1. The highest BCUT2D eigenvalue weighted by atomic mass is 79.9. The third-order valence-electron chi connectivity index (χ3n) is 19.8. The van der Waals surface area contributed by atoms with Gasteiger partial charge in [0.25, 0.3) is 0 Å². The standard InChI is InChI=1S/C21H21FN5O2.C20H24BrN5O2.C19H23BrN6O2.C16H19BrN8/c1-3-15-12-24-27-19(23-11-14-8-9-20(29-2)26(28)13-14)10-18(25-21(15)27)16-6-4-5-7-17(16)22;21-17-12-23-26-19(22-11-14-4-3-8-25(28)13-14)10-18(24-20(17)26)16-6-2-1-5-15(16)7-9-27;20-15-10-22-26-18(21-9-13-4-3-7-25(28)11-13)8-17(24-19(15)26)23-16-6-2-1-5-14(16)12-27;17-12-9-23-25-14(20-5-10-6-21-16(18)22-7-10)4-13(24-15(12)25)11-2-1-3-19-8-11/h4-10,12-13,23,28H,3,11H2,1-2H3;3-4,8,10,12-13,15-16,22,27H,1-2,5-7,9,11H2;3-4,7-8,10-11,14,16,21,27H,1-2,5-6,9,12H2,(H,23,24);4,6-7,9,11,19-20H,1-3,5,8H2,(H2,18,21,22)/q+1;;;/t;;14-,16-;/m..1./s1. The quantitative estimate of drug-likeness (QED) is 0.0171. The lowest BCUT2D eigenvalue weighted by atomic mass is 9.76. The van der Waals surface area contributed by atoms with Gasteiger partial charge in [0.05, 0.1) is 62.8 Å². The van der Waals surface area contributed by atoms with E-state index in [1.54, 1.807) is 106 Å². The van der Waals surface area contributed by atoms with Crippen molar-refractivity contribution in [2.45, 2.75) is 128 Å². The summed E-state index contributed by atoms with van der Waals surface area (Å²) in [4.78, 5) is 27.1. The molecule has 3 aliphatic rings. The normalized spacial score (nSPS) is 17.0. The molecule has 1 aromatic carbocycles. The molecule has 0 radical (unpaired) electrons. The summed E-state index contributed by atoms with van der Waals surface area (Å²) in [5.74, 6) is 5.68. The van der Waals surface area contributed by atoms with E-state index in [0.717, 1.165) is 172 Å². The molecule has 34 heteroatoms. The summed E-state index contributed by atoms with van der Waals surface area (Å²) in [6, 6.07) is 25.4. The van der Waals surface area contributed by atoms with Gasteiger partial charge in [-0.1, -0.05) is 44.7 Å². The van der Waals surface area contributed by atoms with Gasteiger partial charge in [-0.25, -0.2) is 34.3 Å². The van der Waals surface area contributed by atoms with Crippen molar-refractivity contribution in [1.29, 1.82) is 0 Å². The third-order valence-corrected chi connectivity index (χ3v) is 21.5. The van der Waals surface area contributed by atoms with Crippen LogP contribution in [-0.2, 0) is 32.6 Å². The van der Waals surface area contributed by atoms with Crippen LogP contribution in [0, 0.1) is 28.1 Å². The van der Waals surface area contributed by atoms with Crippen LogP contribution in [0.1, 0.15) is 129 Å². The number of nitrogen functional groups attached to an aromatic ring is 1. The number of halogens is 4. The number of fused-ring (bicyclic) bond motifs is 4. The molecule has 2 aliphatic carbocycles. The van der Waals surface area contributed by atoms with Gasteiger partial charge >= 0.3 is 5.88 Å². The molecule has 5 atom stereocenters. The number of aliphatic hydroxyl groups excluding tert-OH is 2. The topological polar surface area (TPSA) is 372 Å². The highest BCUT2D eigenvalue weighted by Gasteiger charge is 2.30. The van der Waals surface area contributed by atoms with Crippen LogP contribution in [0.25, 0.3) is 33.8 Å². The Labute approximate surface area is 658 Å². The summed E-state index contributed by atoms with van der Waals surface area (Å²) in [5.41, 5.74) is 16.1. The molecule has 0 spiro atoms. The first kappa shape index (κ1) is 77.6. The number of hydrogen-bond donors (Lipinski definition) is 10. The van der Waals surface area contributed by atoms with Gasteiger partial charge in [0, 0.05) is 162 Å². The average Bonchev–Trinajstić information content (AvgIpc) is 1.58. The first-order valence-corrected chi connectivity index (χ1v) is 39.1. The first-order chi connectivity index (χ1) is 53.6. The zero-order valence-corrected chi connectivity index (χ0v) is 65.5. The summed E-state index contributed by atoms with van der Waals surface area (Å²) in [6.45, 7) is 6.47. The van der Waals surface area contributed by atoms with E-state index in [-0.39, 0.29) is 36.9 Å². The monoisotopic (exact) mass is 1690 g/mol. The van der Waals surface area contributed by atoms with Gasteiger partial charge in [-0.3, -0.25) is 5.21 Å². The summed E-state index contributed by atoms with van der Waals surface area (Å²) in [7, 11) is 1.49. The van der Waals surface area contributed by atoms with E-state index in [2.05, 4.69) is 127 Å². The molecule has 574 valence electrons. The third kappa shape index (κ3) is 19.0. The number of aliphatic hydroxyl groups is 2. The van der Waals surface area contributed by atoms with Crippen LogP contribution in [0.5, 0.6) is 5.88 Å². The molecule has 13 aromatic rings. The molecule has 0 amide bonds. The van der Waals surface area contributed by atoms with Crippen LogP contribution in [-0.4, -0.2) is 123 Å². The maximum Gasteiger partial charge on any atom is 0.416 e. The second-order valence-corrected chi connectivity index (χ2v) is 29.8. The Morgan fingerprint density at radius 1 is 0.600 bits per heavy atom. The van der Waals surface area contributed by atoms with E-state index in [1.165, 1.54) is 51.0 Å². The predicted octanol–water partition coefficient (Wildman–Crippen LogP) is 11.3. The smallest absolute Gasteiger partial charge is 0.416 e. The number of nitrogens with one attached hydrogen (secondary N) is 6. The molecule has 2 saturated carbocycles. The summed E-state index contributed by atoms with van der Waals surface area (Å²) >= 11 is 10.6. The minimum absolute atomic E-state index is 0.185. The molecule has 3 fully saturated rings. The average molecular weight is 1690 g/mol. The van der Waals surface area contributed by atoms with Crippen LogP contribution in [0.2, 0.25) is 0 Å². The number of rotatable bonds is 22. The second-order valence-electron chi connectivity index (χ2n) is 27.2. The van der Waals surface area contributed by atoms with Crippen molar-refractivity contribution in [2.75, 3.05) is 65.7 Å². The number of aryl methyl sites for hydroxylation is 1. The Balaban J connectivity index is 0.000000129. The molecule has 13 heterocycles. The Kier molecular flexibility index (Phi) is 26.0. The molecule has 3 unspecified atom stereocenters. The van der Waals surface area contributed by atoms with Crippen LogP contribution in [0.3, 0.4) is 0 Å². The van der Waals surface area contributed by atoms with Crippen molar-refractivity contribution < 1.29 is 38.7 Å². The summed E-state index contributed by atoms with van der Waals surface area (Å²) < 4.78 is 31.5. The molecule has 1 saturated heterocycles. The van der Waals surface area contributed by atoms with Crippen LogP contribution >= 0.6 is 47.8 Å². The number of hydrogen-bond acceptors (Lipinski definition) is 23. The van der Waals surface area contributed by atoms with E-state index in [0.29, 0.717) is 78.2 Å². The van der Waals surface area contributed by atoms with Crippen molar-refractivity contribution in [3.8, 4) is 17.1 Å². The van der Waals surface area contributed by atoms with Crippen molar-refractivity contribution in [1.82, 2.24) is 73.7 Å². The number of piperidine rings is 1. The summed E-state index contributed by atoms with van der Waals surface area (Å²) in [6.07, 6.45) is 30.9. The van der Waals surface area contributed by atoms with Crippen LogP contribution in [0.15, 0.2) is 167 Å². The molecule has 12 aromatic heterocycles. The minimum atomic E-state index is -0.329. The SMILES string of the molecule is CCc1cnn2c(NCc3ccc(OC)[n+](O)c3)cc(-c3ccccc3F)nc12.Nc1ncc(CNc2cc(C3CCCNC3)nc3c(Br)cnn23)cn1.[O-][n+]1cccc(CNc2cc(C3CCCCC3CCO)nc3c(Br)cnn23)c1.[O-][n+]1cccc(CNc2cc(N[C@@H]3CCCC[C@@H]3CO)nc3c(Br)cnn23)c1. The van der Waals surface area contributed by atoms with Gasteiger partial charge in [-0.2, -0.15) is 47.9 Å². The number of pyridine rings is 3. The van der Waals surface area contributed by atoms with Gasteiger partial charge in [-0.05, 0) is 142 Å². The Morgan fingerprint density at radius 2 is 1.15 bits per heavy atom. The van der Waals surface area contributed by atoms with Crippen molar-refractivity contribution >= 4 is 105 Å². The summed E-state index contributed by atoms with van der Waals surface area (Å²) in [5, 5.41) is 90.1. The van der Waals surface area contributed by atoms with E-state index < -0.39 is 0 Å². The molecule has 16 rings (SSSR count). The fourth-order valence-corrected chi connectivity index (χ4v) is 15.2. The number of methoxy groups -OCH3 is 1. The first-order valence-electron chi connectivity index (χ1n) is 36.7. The molecule has 1 aliphatic heterocycles. The Bertz CT molecular complexity index is 5250. The number of nitrogens with zero attached hydrogens (tertiary/aromatic N) is 17. The molecule has 30 nitrogen and oxygen atoms in total. The molecular weight excluding hydrogens is 1600 g/mol. The lowest BCUT2D eigenvalue weighted by Gasteiger charge is -2.31.